The summed E-state index contributed by atoms with van der Waals surface area (Å²) in [5.74, 6) is -4.17. The van der Waals surface area contributed by atoms with Gasteiger partial charge in [0.1, 0.15) is 6.10 Å². The van der Waals surface area contributed by atoms with Crippen LogP contribution in [0, 0.1) is 0 Å². The van der Waals surface area contributed by atoms with Gasteiger partial charge in [0.25, 0.3) is 12.4 Å². The van der Waals surface area contributed by atoms with Gasteiger partial charge in [-0.2, -0.15) is 0 Å². The lowest BCUT2D eigenvalue weighted by Gasteiger charge is -1.89. The Morgan fingerprint density at radius 1 is 0.852 bits per heavy atom. The maximum Gasteiger partial charge on any atom is 0.332 e. The van der Waals surface area contributed by atoms with Crippen LogP contribution in [0.5, 0.6) is 0 Å². The Balaban J connectivity index is -0.0000000518. The molecule has 13 heteroatoms. The van der Waals surface area contributed by atoms with Crippen LogP contribution in [0.3, 0.4) is 0 Å². The smallest absolute Gasteiger partial charge is 0.332 e. The van der Waals surface area contributed by atoms with E-state index in [1.54, 1.807) is 13.8 Å². The van der Waals surface area contributed by atoms with Crippen LogP contribution in [0.2, 0.25) is 0 Å². The maximum atomic E-state index is 9.64. The van der Waals surface area contributed by atoms with E-state index in [9.17, 15) is 14.4 Å². The summed E-state index contributed by atoms with van der Waals surface area (Å²) in [4.78, 5) is 46.1. The minimum Gasteiger partial charge on any atom is -0.483 e. The van der Waals surface area contributed by atoms with Gasteiger partial charge in [-0.3, -0.25) is 19.2 Å². The van der Waals surface area contributed by atoms with Crippen molar-refractivity contribution in [2.75, 3.05) is 13.2 Å². The molecule has 0 aliphatic rings. The quantitative estimate of drug-likeness (QED) is 0.266. The van der Waals surface area contributed by atoms with E-state index in [0.29, 0.717) is 0 Å². The zero-order valence-corrected chi connectivity index (χ0v) is 15.6. The predicted octanol–water partition coefficient (Wildman–Crippen LogP) is -0.823. The monoisotopic (exact) mass is 406 g/mol. The number of aliphatic hydroxyl groups is 3. The van der Waals surface area contributed by atoms with Gasteiger partial charge in [-0.05, 0) is 20.8 Å². The third-order valence-electron chi connectivity index (χ3n) is 0.910. The van der Waals surface area contributed by atoms with Crippen molar-refractivity contribution < 1.29 is 64.8 Å². The Kier molecular flexibility index (Phi) is 56.3. The number of aliphatic carboxylic acids is 4. The van der Waals surface area contributed by atoms with Gasteiger partial charge in [-0.25, -0.2) is 4.79 Å². The summed E-state index contributed by atoms with van der Waals surface area (Å²) in [6.45, 7) is 5.89. The number of aliphatic hydroxyl groups excluding tert-OH is 3. The third-order valence-corrected chi connectivity index (χ3v) is 0.910. The zero-order chi connectivity index (χ0) is 23.4. The van der Waals surface area contributed by atoms with Crippen molar-refractivity contribution in [2.45, 2.75) is 46.6 Å². The van der Waals surface area contributed by atoms with E-state index >= 15 is 0 Å². The summed E-state index contributed by atoms with van der Waals surface area (Å²) >= 11 is 0. The molecule has 0 aliphatic heterocycles. The molecule has 0 aliphatic carbocycles. The van der Waals surface area contributed by atoms with E-state index in [0.717, 1.165) is 6.92 Å². The SMILES string of the molecule is CC(=O)O.CC(O)C(=O)O.CCO.CCO.O=C(O)CCC(=O)O.O=CO. The van der Waals surface area contributed by atoms with Crippen molar-refractivity contribution in [2.24, 2.45) is 0 Å². The third kappa shape index (κ3) is 270. The van der Waals surface area contributed by atoms with E-state index in [1.165, 1.54) is 6.92 Å². The summed E-state index contributed by atoms with van der Waals surface area (Å²) in [7, 11) is 0. The maximum absolute atomic E-state index is 9.64. The van der Waals surface area contributed by atoms with Gasteiger partial charge in [-0.1, -0.05) is 0 Å². The lowest BCUT2D eigenvalue weighted by molar-refractivity contribution is -0.145. The molecule has 8 N–H and O–H groups in total. The Bertz CT molecular complexity index is 333. The highest BCUT2D eigenvalue weighted by Crippen LogP contribution is 1.86. The summed E-state index contributed by atoms with van der Waals surface area (Å²) in [5, 5.41) is 61.0. The number of hydrogen-bond acceptors (Lipinski definition) is 8. The molecule has 0 bridgehead atoms. The van der Waals surface area contributed by atoms with Gasteiger partial charge in [0.15, 0.2) is 0 Å². The second kappa shape index (κ2) is 38.7. The van der Waals surface area contributed by atoms with Crippen molar-refractivity contribution in [3.63, 3.8) is 0 Å². The van der Waals surface area contributed by atoms with Crippen molar-refractivity contribution in [1.82, 2.24) is 0 Å². The average Bonchev–Trinajstić information content (AvgIpc) is 2.47. The van der Waals surface area contributed by atoms with Crippen LogP contribution in [0.4, 0.5) is 0 Å². The fraction of sp³-hybridized carbons (Fsp3) is 0.643. The first-order chi connectivity index (χ1) is 12.2. The van der Waals surface area contributed by atoms with Crippen LogP contribution in [-0.2, 0) is 24.0 Å². The molecule has 164 valence electrons. The lowest BCUT2D eigenvalue weighted by Crippen LogP contribution is -2.13. The van der Waals surface area contributed by atoms with Crippen LogP contribution in [0.25, 0.3) is 0 Å². The van der Waals surface area contributed by atoms with E-state index in [-0.39, 0.29) is 32.5 Å². The van der Waals surface area contributed by atoms with Crippen LogP contribution in [0.15, 0.2) is 0 Å². The van der Waals surface area contributed by atoms with Crippen molar-refractivity contribution in [3.8, 4) is 0 Å². The predicted molar refractivity (Wildman–Crippen MR) is 91.3 cm³/mol. The van der Waals surface area contributed by atoms with Crippen LogP contribution < -0.4 is 0 Å². The zero-order valence-electron chi connectivity index (χ0n) is 15.6. The topological polar surface area (TPSA) is 247 Å². The fourth-order valence-corrected chi connectivity index (χ4v) is 0.214. The Hall–Kier alpha value is -2.77. The van der Waals surface area contributed by atoms with E-state index in [4.69, 9.17) is 50.4 Å². The molecule has 0 heterocycles. The Morgan fingerprint density at radius 3 is 1.00 bits per heavy atom. The Morgan fingerprint density at radius 2 is 0.963 bits per heavy atom. The summed E-state index contributed by atoms with van der Waals surface area (Å²) in [6, 6.07) is 0. The molecule has 1 atom stereocenters. The minimum absolute atomic E-state index is 0.250. The van der Waals surface area contributed by atoms with E-state index < -0.39 is 30.0 Å². The van der Waals surface area contributed by atoms with Crippen molar-refractivity contribution >= 4 is 30.3 Å². The molecule has 27 heavy (non-hydrogen) atoms. The van der Waals surface area contributed by atoms with Crippen molar-refractivity contribution in [1.29, 1.82) is 0 Å². The molecule has 0 spiro atoms. The second-order valence-corrected chi connectivity index (χ2v) is 3.56. The first-order valence-corrected chi connectivity index (χ1v) is 7.08. The average molecular weight is 406 g/mol. The molecule has 0 aromatic heterocycles. The van der Waals surface area contributed by atoms with Gasteiger partial charge in [-0.15, -0.1) is 0 Å². The number of carboxylic acids is 4. The Labute approximate surface area is 156 Å². The van der Waals surface area contributed by atoms with E-state index in [2.05, 4.69) is 0 Å². The molecule has 0 rings (SSSR count). The molecule has 0 aromatic carbocycles. The van der Waals surface area contributed by atoms with Crippen LogP contribution in [-0.4, -0.2) is 90.5 Å². The highest BCUT2D eigenvalue weighted by molar-refractivity contribution is 5.75. The van der Waals surface area contributed by atoms with Gasteiger partial charge >= 0.3 is 17.9 Å². The summed E-state index contributed by atoms with van der Waals surface area (Å²) < 4.78 is 0. The minimum atomic E-state index is -1.23. The normalized spacial score (nSPS) is 8.26. The number of carboxylic acid groups (broad SMARTS) is 5. The van der Waals surface area contributed by atoms with Gasteiger partial charge in [0, 0.05) is 20.1 Å². The highest BCUT2D eigenvalue weighted by Gasteiger charge is 2.01. The summed E-state index contributed by atoms with van der Waals surface area (Å²) in [5.41, 5.74) is 0. The number of carbonyl (C=O) groups is 5. The first kappa shape index (κ1) is 39.3. The van der Waals surface area contributed by atoms with Gasteiger partial charge < -0.3 is 40.9 Å². The van der Waals surface area contributed by atoms with Crippen molar-refractivity contribution in [3.05, 3.63) is 0 Å². The molecule has 1 unspecified atom stereocenters. The van der Waals surface area contributed by atoms with Gasteiger partial charge in [0.2, 0.25) is 0 Å². The molecular formula is C14H30O13. The fourth-order valence-electron chi connectivity index (χ4n) is 0.214. The van der Waals surface area contributed by atoms with Gasteiger partial charge in [0.05, 0.1) is 12.8 Å². The molecule has 0 saturated carbocycles. The number of rotatable bonds is 4. The van der Waals surface area contributed by atoms with Crippen LogP contribution in [0.1, 0.15) is 40.5 Å². The van der Waals surface area contributed by atoms with E-state index in [1.807, 2.05) is 0 Å². The molecule has 0 radical (unpaired) electrons. The molecule has 0 amide bonds. The highest BCUT2D eigenvalue weighted by atomic mass is 16.4. The molecule has 0 fully saturated rings. The standard InChI is InChI=1S/C4H6O4.C3H6O3.C2H4O2.2C2H6O.CH2O2/c5-3(6)1-2-4(7)8;1-2(4)3(5)6;1-2(3)4;2*1-2-3;2-1-3/h1-2H2,(H,5,6)(H,7,8);2,4H,1H3,(H,5,6);1H3,(H,3,4);2*3H,2H2,1H3;1H,(H,2,3). The first-order valence-electron chi connectivity index (χ1n) is 7.08. The second-order valence-electron chi connectivity index (χ2n) is 3.56. The molecule has 0 saturated heterocycles. The number of hydrogen-bond donors (Lipinski definition) is 8. The lowest BCUT2D eigenvalue weighted by atomic mass is 10.3. The molecule has 0 aromatic rings. The molecule has 13 nitrogen and oxygen atoms in total. The summed E-state index contributed by atoms with van der Waals surface area (Å²) in [6.07, 6.45) is -1.82. The largest absolute Gasteiger partial charge is 0.483 e. The molecular weight excluding hydrogens is 376 g/mol. The van der Waals surface area contributed by atoms with Crippen LogP contribution >= 0.6 is 0 Å².